The molecule has 4 aromatic rings. The molecule has 0 aliphatic carbocycles. The fourth-order valence-electron chi connectivity index (χ4n) is 3.61. The summed E-state index contributed by atoms with van der Waals surface area (Å²) in [6.07, 6.45) is 5.68. The van der Waals surface area contributed by atoms with Crippen molar-refractivity contribution in [1.29, 1.82) is 0 Å². The van der Waals surface area contributed by atoms with Crippen LogP contribution in [-0.4, -0.2) is 15.9 Å². The number of nitrogens with zero attached hydrogens (tertiary/aromatic N) is 1. The van der Waals surface area contributed by atoms with Crippen molar-refractivity contribution >= 4 is 28.7 Å². The van der Waals surface area contributed by atoms with Gasteiger partial charge in [-0.25, -0.2) is 4.79 Å². The molecule has 0 spiro atoms. The predicted octanol–water partition coefficient (Wildman–Crippen LogP) is 5.85. The molecule has 2 heterocycles. The number of carbonyl (C=O) groups excluding carboxylic acids is 1. The maximum absolute atomic E-state index is 12.8. The van der Waals surface area contributed by atoms with Crippen LogP contribution in [0.1, 0.15) is 11.1 Å². The first kappa shape index (κ1) is 16.4. The molecule has 1 aliphatic heterocycles. The van der Waals surface area contributed by atoms with E-state index >= 15 is 0 Å². The summed E-state index contributed by atoms with van der Waals surface area (Å²) in [4.78, 5) is 17.6. The Bertz CT molecular complexity index is 1190. The summed E-state index contributed by atoms with van der Waals surface area (Å²) in [5.74, 6) is 0. The Morgan fingerprint density at radius 3 is 2.64 bits per heavy atom. The molecular weight excluding hydrogens is 346 g/mol. The predicted molar refractivity (Wildman–Crippen MR) is 114 cm³/mol. The van der Waals surface area contributed by atoms with Crippen LogP contribution in [0.25, 0.3) is 28.1 Å². The van der Waals surface area contributed by atoms with Crippen LogP contribution >= 0.6 is 0 Å². The molecule has 0 fully saturated rings. The normalized spacial score (nSPS) is 12.8. The summed E-state index contributed by atoms with van der Waals surface area (Å²) in [7, 11) is 0. The zero-order chi connectivity index (χ0) is 18.9. The Morgan fingerprint density at radius 1 is 0.929 bits per heavy atom. The lowest BCUT2D eigenvalue weighted by atomic mass is 9.97. The number of anilines is 1. The van der Waals surface area contributed by atoms with E-state index in [4.69, 9.17) is 0 Å². The van der Waals surface area contributed by atoms with Gasteiger partial charge in [-0.05, 0) is 40.5 Å². The van der Waals surface area contributed by atoms with Crippen molar-refractivity contribution in [2.75, 3.05) is 5.32 Å². The highest BCUT2D eigenvalue weighted by Gasteiger charge is 2.18. The van der Waals surface area contributed by atoms with E-state index in [1.165, 1.54) is 11.1 Å². The topological polar surface area (TPSA) is 48.1 Å². The summed E-state index contributed by atoms with van der Waals surface area (Å²) in [5, 5.41) is 4.01. The van der Waals surface area contributed by atoms with Crippen LogP contribution in [0.3, 0.4) is 0 Å². The molecule has 0 bridgehead atoms. The molecule has 1 aromatic heterocycles. The van der Waals surface area contributed by atoms with E-state index in [1.54, 1.807) is 4.90 Å². The number of nitrogens with one attached hydrogen (secondary N) is 2. The molecule has 4 nitrogen and oxygen atoms in total. The van der Waals surface area contributed by atoms with E-state index in [0.717, 1.165) is 27.7 Å². The fraction of sp³-hybridized carbons (Fsp3) is 0.0417. The number of carbonyl (C=O) groups is 1. The summed E-state index contributed by atoms with van der Waals surface area (Å²) in [5.41, 5.74) is 6.46. The van der Waals surface area contributed by atoms with Crippen LogP contribution < -0.4 is 5.32 Å². The number of amides is 2. The Balaban J connectivity index is 1.36. The summed E-state index contributed by atoms with van der Waals surface area (Å²) in [6.45, 7) is 0.551. The van der Waals surface area contributed by atoms with Gasteiger partial charge in [-0.15, -0.1) is 0 Å². The van der Waals surface area contributed by atoms with Crippen LogP contribution in [0.4, 0.5) is 10.5 Å². The SMILES string of the molecule is O=C(Nc1c[nH]c2ccccc12)N1C=Cc2cc(-c3ccccc3)ccc2C1. The standard InChI is InChI=1S/C24H19N3O/c28-24(26-23-15-25-22-9-5-4-8-21(22)23)27-13-12-19-14-18(10-11-20(19)16-27)17-6-2-1-3-7-17/h1-15,25H,16H2,(H,26,28). The molecular formula is C24H19N3O. The van der Waals surface area contributed by atoms with Crippen molar-refractivity contribution in [1.82, 2.24) is 9.88 Å². The maximum atomic E-state index is 12.8. The van der Waals surface area contributed by atoms with Gasteiger partial charge in [0.25, 0.3) is 0 Å². The molecule has 2 amide bonds. The van der Waals surface area contributed by atoms with Crippen molar-refractivity contribution in [2.45, 2.75) is 6.54 Å². The quantitative estimate of drug-likeness (QED) is 0.460. The summed E-state index contributed by atoms with van der Waals surface area (Å²) < 4.78 is 0. The van der Waals surface area contributed by atoms with Gasteiger partial charge in [0.2, 0.25) is 0 Å². The zero-order valence-electron chi connectivity index (χ0n) is 15.2. The first-order valence-electron chi connectivity index (χ1n) is 9.28. The van der Waals surface area contributed by atoms with E-state index < -0.39 is 0 Å². The Kier molecular flexibility index (Phi) is 3.95. The van der Waals surface area contributed by atoms with Gasteiger partial charge < -0.3 is 10.3 Å². The van der Waals surface area contributed by atoms with Crippen molar-refractivity contribution in [3.63, 3.8) is 0 Å². The van der Waals surface area contributed by atoms with Crippen molar-refractivity contribution in [3.8, 4) is 11.1 Å². The molecule has 3 aromatic carbocycles. The molecule has 0 radical (unpaired) electrons. The molecule has 0 saturated heterocycles. The molecule has 1 aliphatic rings. The first-order valence-corrected chi connectivity index (χ1v) is 9.28. The van der Waals surface area contributed by atoms with Gasteiger partial charge in [0.1, 0.15) is 0 Å². The summed E-state index contributed by atoms with van der Waals surface area (Å²) >= 11 is 0. The van der Waals surface area contributed by atoms with Gasteiger partial charge in [0, 0.05) is 23.3 Å². The number of aromatic nitrogens is 1. The van der Waals surface area contributed by atoms with Crippen molar-refractivity contribution in [3.05, 3.63) is 96.3 Å². The van der Waals surface area contributed by atoms with Crippen LogP contribution in [0.5, 0.6) is 0 Å². The van der Waals surface area contributed by atoms with Crippen LogP contribution in [0.15, 0.2) is 85.2 Å². The van der Waals surface area contributed by atoms with Gasteiger partial charge in [-0.3, -0.25) is 4.90 Å². The van der Waals surface area contributed by atoms with Crippen LogP contribution in [-0.2, 0) is 6.54 Å². The minimum Gasteiger partial charge on any atom is -0.359 e. The molecule has 5 rings (SSSR count). The summed E-state index contributed by atoms with van der Waals surface area (Å²) in [6, 6.07) is 24.5. The van der Waals surface area contributed by atoms with Crippen LogP contribution in [0, 0.1) is 0 Å². The molecule has 4 heteroatoms. The van der Waals surface area contributed by atoms with Crippen molar-refractivity contribution in [2.24, 2.45) is 0 Å². The second-order valence-electron chi connectivity index (χ2n) is 6.90. The molecule has 28 heavy (non-hydrogen) atoms. The third kappa shape index (κ3) is 2.95. The second kappa shape index (κ2) is 6.74. The molecule has 0 unspecified atom stereocenters. The van der Waals surface area contributed by atoms with Gasteiger partial charge in [0.15, 0.2) is 0 Å². The lowest BCUT2D eigenvalue weighted by Crippen LogP contribution is -2.31. The van der Waals surface area contributed by atoms with E-state index in [2.05, 4.69) is 40.6 Å². The van der Waals surface area contributed by atoms with E-state index in [-0.39, 0.29) is 6.03 Å². The number of fused-ring (bicyclic) bond motifs is 2. The van der Waals surface area contributed by atoms with Gasteiger partial charge >= 0.3 is 6.03 Å². The monoisotopic (exact) mass is 365 g/mol. The number of urea groups is 1. The number of H-pyrrole nitrogens is 1. The third-order valence-corrected chi connectivity index (χ3v) is 5.12. The lowest BCUT2D eigenvalue weighted by Gasteiger charge is -2.24. The van der Waals surface area contributed by atoms with E-state index in [1.807, 2.05) is 60.9 Å². The van der Waals surface area contributed by atoms with Gasteiger partial charge in [-0.2, -0.15) is 0 Å². The minimum absolute atomic E-state index is 0.140. The highest BCUT2D eigenvalue weighted by Crippen LogP contribution is 2.28. The smallest absolute Gasteiger partial charge is 0.326 e. The lowest BCUT2D eigenvalue weighted by molar-refractivity contribution is 0.227. The second-order valence-corrected chi connectivity index (χ2v) is 6.90. The van der Waals surface area contributed by atoms with Crippen molar-refractivity contribution < 1.29 is 4.79 Å². The Morgan fingerprint density at radius 2 is 1.75 bits per heavy atom. The average molecular weight is 365 g/mol. The molecule has 136 valence electrons. The zero-order valence-corrected chi connectivity index (χ0v) is 15.2. The Labute approximate surface area is 163 Å². The number of hydrogen-bond acceptors (Lipinski definition) is 1. The molecule has 0 saturated carbocycles. The van der Waals surface area contributed by atoms with Gasteiger partial charge in [0.05, 0.1) is 12.2 Å². The minimum atomic E-state index is -0.140. The number of hydrogen-bond donors (Lipinski definition) is 2. The van der Waals surface area contributed by atoms with Gasteiger partial charge in [-0.1, -0.05) is 60.7 Å². The van der Waals surface area contributed by atoms with E-state index in [0.29, 0.717) is 6.54 Å². The number of rotatable bonds is 2. The number of benzene rings is 3. The highest BCUT2D eigenvalue weighted by molar-refractivity contribution is 6.01. The number of aromatic amines is 1. The maximum Gasteiger partial charge on any atom is 0.326 e. The van der Waals surface area contributed by atoms with Crippen LogP contribution in [0.2, 0.25) is 0 Å². The molecule has 0 atom stereocenters. The average Bonchev–Trinajstić information content (AvgIpc) is 3.16. The molecule has 2 N–H and O–H groups in total. The first-order chi connectivity index (χ1) is 13.8. The number of para-hydroxylation sites is 1. The highest BCUT2D eigenvalue weighted by atomic mass is 16.2. The Hall–Kier alpha value is -3.79. The fourth-order valence-corrected chi connectivity index (χ4v) is 3.61. The third-order valence-electron chi connectivity index (χ3n) is 5.12. The largest absolute Gasteiger partial charge is 0.359 e. The van der Waals surface area contributed by atoms with E-state index in [9.17, 15) is 4.79 Å².